The average molecular weight is 311 g/mol. The summed E-state index contributed by atoms with van der Waals surface area (Å²) in [6, 6.07) is 0. The predicted molar refractivity (Wildman–Crippen MR) is 103 cm³/mol. The molecule has 0 aromatic carbocycles. The van der Waals surface area contributed by atoms with Gasteiger partial charge in [-0.3, -0.25) is 0 Å². The van der Waals surface area contributed by atoms with Crippen molar-refractivity contribution in [2.24, 2.45) is 33.5 Å². The average Bonchev–Trinajstić information content (AvgIpc) is 2.23. The first-order valence-electron chi connectivity index (χ1n) is 9.59. The summed E-state index contributed by atoms with van der Waals surface area (Å²) in [6.45, 7) is 29.2. The second kappa shape index (κ2) is 7.27. The lowest BCUT2D eigenvalue weighted by Gasteiger charge is -2.47. The first-order valence-corrected chi connectivity index (χ1v) is 9.59. The first kappa shape index (κ1) is 22.0. The zero-order valence-electron chi connectivity index (χ0n) is 18.0. The highest BCUT2D eigenvalue weighted by Crippen LogP contribution is 2.50. The maximum atomic E-state index is 2.50. The Labute approximate surface area is 142 Å². The Morgan fingerprint density at radius 2 is 0.727 bits per heavy atom. The van der Waals surface area contributed by atoms with E-state index in [0.717, 1.165) is 11.8 Å². The maximum Gasteiger partial charge on any atom is -0.0317 e. The van der Waals surface area contributed by atoms with Gasteiger partial charge in [0.25, 0.3) is 0 Å². The summed E-state index contributed by atoms with van der Waals surface area (Å²) in [5.74, 6) is 1.57. The van der Waals surface area contributed by atoms with Crippen molar-refractivity contribution in [3.8, 4) is 0 Å². The number of hydrogen-bond donors (Lipinski definition) is 0. The van der Waals surface area contributed by atoms with Crippen LogP contribution in [0.25, 0.3) is 0 Å². The van der Waals surface area contributed by atoms with Crippen LogP contribution in [0.2, 0.25) is 0 Å². The standard InChI is InChI=1S/C22H46/c1-13-17(19(3,4)5)21(9,10)15-16-22(11,12)18(14-2)20(6,7)8/h17-18H,13-16H2,1-12H3. The van der Waals surface area contributed by atoms with Gasteiger partial charge in [0.1, 0.15) is 0 Å². The SMILES string of the molecule is CCC(C(C)(C)C)C(C)(C)CCC(C)(C)C(CC)C(C)(C)C. The molecular weight excluding hydrogens is 264 g/mol. The van der Waals surface area contributed by atoms with Gasteiger partial charge in [0.2, 0.25) is 0 Å². The molecule has 0 saturated heterocycles. The van der Waals surface area contributed by atoms with Crippen LogP contribution in [0.3, 0.4) is 0 Å². The fraction of sp³-hybridized carbons (Fsp3) is 1.00. The Bertz CT molecular complexity index is 285. The zero-order valence-corrected chi connectivity index (χ0v) is 18.0. The van der Waals surface area contributed by atoms with E-state index in [1.807, 2.05) is 0 Å². The minimum Gasteiger partial charge on any atom is -0.0651 e. The fourth-order valence-electron chi connectivity index (χ4n) is 5.67. The van der Waals surface area contributed by atoms with E-state index in [0.29, 0.717) is 21.7 Å². The van der Waals surface area contributed by atoms with Crippen LogP contribution in [0.1, 0.15) is 109 Å². The van der Waals surface area contributed by atoms with Gasteiger partial charge < -0.3 is 0 Å². The van der Waals surface area contributed by atoms with E-state index < -0.39 is 0 Å². The van der Waals surface area contributed by atoms with Crippen molar-refractivity contribution in [1.82, 2.24) is 0 Å². The molecule has 0 fully saturated rings. The molecule has 2 atom stereocenters. The summed E-state index contributed by atoms with van der Waals surface area (Å²) in [6.07, 6.45) is 5.24. The summed E-state index contributed by atoms with van der Waals surface area (Å²) in [7, 11) is 0. The third-order valence-electron chi connectivity index (χ3n) is 6.21. The molecule has 0 saturated carbocycles. The highest BCUT2D eigenvalue weighted by Gasteiger charge is 2.40. The first-order chi connectivity index (χ1) is 9.59. The van der Waals surface area contributed by atoms with E-state index in [1.165, 1.54) is 25.7 Å². The van der Waals surface area contributed by atoms with Gasteiger partial charge in [-0.1, -0.05) is 95.9 Å². The van der Waals surface area contributed by atoms with Crippen molar-refractivity contribution in [1.29, 1.82) is 0 Å². The molecule has 2 unspecified atom stereocenters. The van der Waals surface area contributed by atoms with E-state index in [-0.39, 0.29) is 0 Å². The smallest absolute Gasteiger partial charge is 0.0317 e. The highest BCUT2D eigenvalue weighted by atomic mass is 14.5. The molecule has 22 heavy (non-hydrogen) atoms. The summed E-state index contributed by atoms with van der Waals surface area (Å²) in [5.41, 5.74) is 1.63. The maximum absolute atomic E-state index is 2.50. The van der Waals surface area contributed by atoms with Crippen molar-refractivity contribution in [3.63, 3.8) is 0 Å². The summed E-state index contributed by atoms with van der Waals surface area (Å²) < 4.78 is 0. The molecular formula is C22H46. The second-order valence-corrected chi connectivity index (χ2v) is 11.1. The van der Waals surface area contributed by atoms with E-state index in [9.17, 15) is 0 Å². The van der Waals surface area contributed by atoms with Crippen LogP contribution in [0, 0.1) is 33.5 Å². The van der Waals surface area contributed by atoms with Crippen LogP contribution in [0.15, 0.2) is 0 Å². The van der Waals surface area contributed by atoms with Crippen molar-refractivity contribution in [2.75, 3.05) is 0 Å². The molecule has 0 N–H and O–H groups in total. The molecule has 0 aliphatic carbocycles. The number of hydrogen-bond acceptors (Lipinski definition) is 0. The van der Waals surface area contributed by atoms with E-state index in [1.54, 1.807) is 0 Å². The summed E-state index contributed by atoms with van der Waals surface area (Å²) >= 11 is 0. The van der Waals surface area contributed by atoms with E-state index in [4.69, 9.17) is 0 Å². The highest BCUT2D eigenvalue weighted by molar-refractivity contribution is 4.90. The van der Waals surface area contributed by atoms with Crippen LogP contribution in [-0.2, 0) is 0 Å². The van der Waals surface area contributed by atoms with Gasteiger partial charge in [0, 0.05) is 0 Å². The largest absolute Gasteiger partial charge is 0.0651 e. The Morgan fingerprint density at radius 1 is 0.500 bits per heavy atom. The van der Waals surface area contributed by atoms with Gasteiger partial charge in [-0.05, 0) is 46.3 Å². The van der Waals surface area contributed by atoms with Crippen molar-refractivity contribution in [2.45, 2.75) is 109 Å². The Hall–Kier alpha value is 0. The summed E-state index contributed by atoms with van der Waals surface area (Å²) in [4.78, 5) is 0. The van der Waals surface area contributed by atoms with Crippen LogP contribution >= 0.6 is 0 Å². The molecule has 134 valence electrons. The molecule has 0 spiro atoms. The van der Waals surface area contributed by atoms with E-state index in [2.05, 4.69) is 83.1 Å². The molecule has 0 aromatic rings. The third kappa shape index (κ3) is 5.89. The summed E-state index contributed by atoms with van der Waals surface area (Å²) in [5, 5.41) is 0. The molecule has 0 aliphatic rings. The predicted octanol–water partition coefficient (Wildman–Crippen LogP) is 7.96. The van der Waals surface area contributed by atoms with Gasteiger partial charge in [0.15, 0.2) is 0 Å². The molecule has 0 bridgehead atoms. The molecule has 0 aromatic heterocycles. The minimum absolute atomic E-state index is 0.399. The van der Waals surface area contributed by atoms with Gasteiger partial charge in [-0.25, -0.2) is 0 Å². The minimum atomic E-state index is 0.399. The van der Waals surface area contributed by atoms with Crippen molar-refractivity contribution in [3.05, 3.63) is 0 Å². The van der Waals surface area contributed by atoms with Crippen LogP contribution in [-0.4, -0.2) is 0 Å². The molecule has 0 amide bonds. The lowest BCUT2D eigenvalue weighted by Crippen LogP contribution is -2.38. The van der Waals surface area contributed by atoms with Gasteiger partial charge in [-0.2, -0.15) is 0 Å². The van der Waals surface area contributed by atoms with Crippen LogP contribution in [0.4, 0.5) is 0 Å². The Kier molecular flexibility index (Phi) is 7.27. The van der Waals surface area contributed by atoms with Gasteiger partial charge >= 0.3 is 0 Å². The Morgan fingerprint density at radius 3 is 0.864 bits per heavy atom. The zero-order chi connectivity index (χ0) is 18.0. The van der Waals surface area contributed by atoms with Gasteiger partial charge in [0.05, 0.1) is 0 Å². The quantitative estimate of drug-likeness (QED) is 0.447. The topological polar surface area (TPSA) is 0 Å². The van der Waals surface area contributed by atoms with Crippen LogP contribution < -0.4 is 0 Å². The lowest BCUT2D eigenvalue weighted by molar-refractivity contribution is 0.0284. The van der Waals surface area contributed by atoms with Crippen LogP contribution in [0.5, 0.6) is 0 Å². The molecule has 0 heteroatoms. The molecule has 0 rings (SSSR count). The molecule has 0 heterocycles. The monoisotopic (exact) mass is 310 g/mol. The van der Waals surface area contributed by atoms with Crippen molar-refractivity contribution < 1.29 is 0 Å². The Balaban J connectivity index is 5.10. The normalized spacial score (nSPS) is 17.5. The molecule has 0 nitrogen and oxygen atoms in total. The number of rotatable bonds is 7. The van der Waals surface area contributed by atoms with Gasteiger partial charge in [-0.15, -0.1) is 0 Å². The lowest BCUT2D eigenvalue weighted by atomic mass is 9.58. The fourth-order valence-corrected chi connectivity index (χ4v) is 5.67. The molecule has 0 aliphatic heterocycles. The molecule has 0 radical (unpaired) electrons. The van der Waals surface area contributed by atoms with E-state index >= 15 is 0 Å². The third-order valence-corrected chi connectivity index (χ3v) is 6.21. The van der Waals surface area contributed by atoms with Crippen molar-refractivity contribution >= 4 is 0 Å². The second-order valence-electron chi connectivity index (χ2n) is 11.1.